The maximum atomic E-state index is 5.83. The lowest BCUT2D eigenvalue weighted by molar-refractivity contribution is 0.397. The number of halogens is 1. The molecule has 1 N–H and O–H groups in total. The molecule has 0 saturated heterocycles. The van der Waals surface area contributed by atoms with Crippen LogP contribution in [0.25, 0.3) is 0 Å². The van der Waals surface area contributed by atoms with E-state index in [1.807, 2.05) is 24.3 Å². The van der Waals surface area contributed by atoms with Gasteiger partial charge in [-0.05, 0) is 24.1 Å². The Labute approximate surface area is 111 Å². The lowest BCUT2D eigenvalue weighted by Gasteiger charge is -2.06. The van der Waals surface area contributed by atoms with E-state index < -0.39 is 0 Å². The molecule has 0 amide bonds. The van der Waals surface area contributed by atoms with Crippen LogP contribution < -0.4 is 10.1 Å². The minimum atomic E-state index is 0.555. The molecule has 2 rings (SSSR count). The van der Waals surface area contributed by atoms with Gasteiger partial charge in [-0.15, -0.1) is 0 Å². The molecule has 0 atom stereocenters. The van der Waals surface area contributed by atoms with Crippen LogP contribution in [0.5, 0.6) is 5.88 Å². The van der Waals surface area contributed by atoms with Gasteiger partial charge in [0.2, 0.25) is 11.8 Å². The normalized spacial score (nSPS) is 10.1. The largest absolute Gasteiger partial charge is 0.481 e. The van der Waals surface area contributed by atoms with Gasteiger partial charge < -0.3 is 10.1 Å². The van der Waals surface area contributed by atoms with Crippen LogP contribution in [0.2, 0.25) is 5.02 Å². The highest BCUT2D eigenvalue weighted by atomic mass is 35.5. The van der Waals surface area contributed by atoms with Crippen LogP contribution in [0.3, 0.4) is 0 Å². The van der Waals surface area contributed by atoms with Gasteiger partial charge in [-0.3, -0.25) is 0 Å². The molecule has 0 radical (unpaired) electrons. The first-order valence-electron chi connectivity index (χ1n) is 5.63. The number of nitrogens with one attached hydrogen (secondary N) is 1. The van der Waals surface area contributed by atoms with Crippen LogP contribution in [0.15, 0.2) is 36.5 Å². The van der Waals surface area contributed by atoms with Crippen molar-refractivity contribution < 1.29 is 4.74 Å². The standard InChI is InChI=1S/C13H14ClN3O/c1-18-12-7-9-16-13(17-12)15-8-6-10-2-4-11(14)5-3-10/h2-5,7,9H,6,8H2,1H3,(H,15,16,17). The summed E-state index contributed by atoms with van der Waals surface area (Å²) >= 11 is 5.83. The van der Waals surface area contributed by atoms with Gasteiger partial charge in [0, 0.05) is 23.8 Å². The molecule has 0 saturated carbocycles. The first-order valence-corrected chi connectivity index (χ1v) is 6.01. The molecular weight excluding hydrogens is 250 g/mol. The van der Waals surface area contributed by atoms with Crippen LogP contribution in [-0.4, -0.2) is 23.6 Å². The number of benzene rings is 1. The van der Waals surface area contributed by atoms with Gasteiger partial charge in [0.05, 0.1) is 7.11 Å². The van der Waals surface area contributed by atoms with Crippen molar-refractivity contribution in [2.24, 2.45) is 0 Å². The second-order valence-electron chi connectivity index (χ2n) is 3.73. The molecule has 1 aromatic heterocycles. The summed E-state index contributed by atoms with van der Waals surface area (Å²) in [5, 5.41) is 3.90. The zero-order valence-corrected chi connectivity index (χ0v) is 10.8. The molecule has 1 heterocycles. The minimum Gasteiger partial charge on any atom is -0.481 e. The van der Waals surface area contributed by atoms with E-state index in [-0.39, 0.29) is 0 Å². The fourth-order valence-electron chi connectivity index (χ4n) is 1.51. The monoisotopic (exact) mass is 263 g/mol. The molecule has 0 spiro atoms. The molecule has 4 nitrogen and oxygen atoms in total. The maximum absolute atomic E-state index is 5.83. The van der Waals surface area contributed by atoms with Crippen molar-refractivity contribution in [3.05, 3.63) is 47.1 Å². The number of rotatable bonds is 5. The topological polar surface area (TPSA) is 47.0 Å². The van der Waals surface area contributed by atoms with Crippen molar-refractivity contribution in [1.29, 1.82) is 0 Å². The lowest BCUT2D eigenvalue weighted by Crippen LogP contribution is -2.08. The molecule has 0 aliphatic carbocycles. The van der Waals surface area contributed by atoms with Crippen molar-refractivity contribution in [2.75, 3.05) is 19.0 Å². The van der Waals surface area contributed by atoms with E-state index in [0.717, 1.165) is 18.0 Å². The molecule has 0 aliphatic rings. The fourth-order valence-corrected chi connectivity index (χ4v) is 1.64. The molecule has 94 valence electrons. The van der Waals surface area contributed by atoms with E-state index in [2.05, 4.69) is 15.3 Å². The SMILES string of the molecule is COc1ccnc(NCCc2ccc(Cl)cc2)n1. The van der Waals surface area contributed by atoms with Gasteiger partial charge in [-0.2, -0.15) is 4.98 Å². The number of aromatic nitrogens is 2. The molecule has 0 fully saturated rings. The molecule has 0 aliphatic heterocycles. The number of anilines is 1. The summed E-state index contributed by atoms with van der Waals surface area (Å²) in [6.07, 6.45) is 2.55. The van der Waals surface area contributed by atoms with Gasteiger partial charge >= 0.3 is 0 Å². The Morgan fingerprint density at radius 2 is 2.00 bits per heavy atom. The Hall–Kier alpha value is -1.81. The smallest absolute Gasteiger partial charge is 0.225 e. The predicted molar refractivity (Wildman–Crippen MR) is 72.2 cm³/mol. The van der Waals surface area contributed by atoms with E-state index in [0.29, 0.717) is 11.8 Å². The third kappa shape index (κ3) is 3.60. The Morgan fingerprint density at radius 3 is 2.72 bits per heavy atom. The van der Waals surface area contributed by atoms with Gasteiger partial charge in [-0.1, -0.05) is 23.7 Å². The highest BCUT2D eigenvalue weighted by Gasteiger charge is 1.98. The Kier molecular flexibility index (Phi) is 4.36. The van der Waals surface area contributed by atoms with Gasteiger partial charge in [-0.25, -0.2) is 4.98 Å². The number of ether oxygens (including phenoxy) is 1. The van der Waals surface area contributed by atoms with Crippen LogP contribution in [-0.2, 0) is 6.42 Å². The van der Waals surface area contributed by atoms with E-state index in [9.17, 15) is 0 Å². The Balaban J connectivity index is 1.86. The summed E-state index contributed by atoms with van der Waals surface area (Å²) in [7, 11) is 1.58. The summed E-state index contributed by atoms with van der Waals surface area (Å²) in [5.74, 6) is 1.13. The highest BCUT2D eigenvalue weighted by molar-refractivity contribution is 6.30. The quantitative estimate of drug-likeness (QED) is 0.901. The zero-order chi connectivity index (χ0) is 12.8. The summed E-state index contributed by atoms with van der Waals surface area (Å²) < 4.78 is 5.03. The first kappa shape index (κ1) is 12.6. The van der Waals surface area contributed by atoms with E-state index >= 15 is 0 Å². The third-order valence-corrected chi connectivity index (χ3v) is 2.70. The van der Waals surface area contributed by atoms with Crippen molar-refractivity contribution in [3.8, 4) is 5.88 Å². The number of nitrogens with zero attached hydrogens (tertiary/aromatic N) is 2. The van der Waals surface area contributed by atoms with Crippen LogP contribution in [0, 0.1) is 0 Å². The molecule has 2 aromatic rings. The van der Waals surface area contributed by atoms with E-state index in [4.69, 9.17) is 16.3 Å². The Morgan fingerprint density at radius 1 is 1.22 bits per heavy atom. The second kappa shape index (κ2) is 6.21. The third-order valence-electron chi connectivity index (χ3n) is 2.45. The summed E-state index contributed by atoms with van der Waals surface area (Å²) in [4.78, 5) is 8.28. The van der Waals surface area contributed by atoms with Crippen LogP contribution in [0.4, 0.5) is 5.95 Å². The van der Waals surface area contributed by atoms with Crippen molar-refractivity contribution in [1.82, 2.24) is 9.97 Å². The summed E-state index contributed by atoms with van der Waals surface area (Å²) in [6, 6.07) is 9.51. The molecule has 0 unspecified atom stereocenters. The molecule has 18 heavy (non-hydrogen) atoms. The average Bonchev–Trinajstić information content (AvgIpc) is 2.41. The van der Waals surface area contributed by atoms with E-state index in [1.54, 1.807) is 19.4 Å². The number of methoxy groups -OCH3 is 1. The van der Waals surface area contributed by atoms with Crippen LogP contribution in [0.1, 0.15) is 5.56 Å². The van der Waals surface area contributed by atoms with Gasteiger partial charge in [0.15, 0.2) is 0 Å². The van der Waals surface area contributed by atoms with Crippen molar-refractivity contribution in [2.45, 2.75) is 6.42 Å². The van der Waals surface area contributed by atoms with Crippen molar-refractivity contribution in [3.63, 3.8) is 0 Å². The maximum Gasteiger partial charge on any atom is 0.225 e. The minimum absolute atomic E-state index is 0.555. The van der Waals surface area contributed by atoms with E-state index in [1.165, 1.54) is 5.56 Å². The lowest BCUT2D eigenvalue weighted by atomic mass is 10.1. The highest BCUT2D eigenvalue weighted by Crippen LogP contribution is 2.10. The second-order valence-corrected chi connectivity index (χ2v) is 4.16. The molecular formula is C13H14ClN3O. The number of hydrogen-bond acceptors (Lipinski definition) is 4. The predicted octanol–water partition coefficient (Wildman–Crippen LogP) is 2.79. The first-order chi connectivity index (χ1) is 8.78. The fraction of sp³-hybridized carbons (Fsp3) is 0.231. The summed E-state index contributed by atoms with van der Waals surface area (Å²) in [5.41, 5.74) is 1.22. The molecule has 0 bridgehead atoms. The number of hydrogen-bond donors (Lipinski definition) is 1. The van der Waals surface area contributed by atoms with Crippen LogP contribution >= 0.6 is 11.6 Å². The molecule has 1 aromatic carbocycles. The zero-order valence-electron chi connectivity index (χ0n) is 10.1. The molecule has 5 heteroatoms. The van der Waals surface area contributed by atoms with Gasteiger partial charge in [0.1, 0.15) is 0 Å². The Bertz CT molecular complexity index is 502. The van der Waals surface area contributed by atoms with Gasteiger partial charge in [0.25, 0.3) is 0 Å². The summed E-state index contributed by atoms with van der Waals surface area (Å²) in [6.45, 7) is 0.759. The average molecular weight is 264 g/mol. The van der Waals surface area contributed by atoms with Crippen molar-refractivity contribution >= 4 is 17.5 Å².